The number of amides is 2. The molecule has 0 saturated heterocycles. The minimum absolute atomic E-state index is 0.0176. The molecule has 5 unspecified atom stereocenters. The van der Waals surface area contributed by atoms with Gasteiger partial charge in [0.2, 0.25) is 11.8 Å². The number of carbonyl (C=O) groups excluding carboxylic acids is 2. The van der Waals surface area contributed by atoms with Gasteiger partial charge in [0.05, 0.1) is 11.8 Å². The fraction of sp³-hybridized carbons (Fsp3) is 0.857. The highest BCUT2D eigenvalue weighted by Crippen LogP contribution is 2.48. The molecular weight excluding hydrogens is 242 g/mol. The number of nitrogens with one attached hydrogen (secondary N) is 1. The molecule has 5 heteroatoms. The zero-order valence-corrected chi connectivity index (χ0v) is 12.1. The standard InChI is InChI=1S/C14H25N3O2/c1-8(13(18)16-2)7-17(3)14(19)11-9-4-5-10(6-9)12(11)15/h8-12H,4-7,15H2,1-3H3,(H,16,18). The minimum atomic E-state index is -0.186. The average molecular weight is 267 g/mol. The lowest BCUT2D eigenvalue weighted by Crippen LogP contribution is -2.47. The van der Waals surface area contributed by atoms with Gasteiger partial charge in [-0.1, -0.05) is 6.92 Å². The summed E-state index contributed by atoms with van der Waals surface area (Å²) in [6.07, 6.45) is 3.41. The molecule has 2 fully saturated rings. The van der Waals surface area contributed by atoms with Crippen molar-refractivity contribution in [2.45, 2.75) is 32.2 Å². The smallest absolute Gasteiger partial charge is 0.227 e. The molecule has 0 spiro atoms. The molecule has 3 N–H and O–H groups in total. The molecule has 5 atom stereocenters. The molecule has 0 aliphatic heterocycles. The van der Waals surface area contributed by atoms with E-state index in [4.69, 9.17) is 5.73 Å². The van der Waals surface area contributed by atoms with Gasteiger partial charge >= 0.3 is 0 Å². The van der Waals surface area contributed by atoms with E-state index in [1.165, 1.54) is 6.42 Å². The van der Waals surface area contributed by atoms with Gasteiger partial charge < -0.3 is 16.0 Å². The summed E-state index contributed by atoms with van der Waals surface area (Å²) in [7, 11) is 3.40. The second kappa shape index (κ2) is 5.49. The summed E-state index contributed by atoms with van der Waals surface area (Å²) in [4.78, 5) is 25.7. The summed E-state index contributed by atoms with van der Waals surface area (Å²) >= 11 is 0. The molecule has 0 heterocycles. The van der Waals surface area contributed by atoms with E-state index >= 15 is 0 Å². The second-order valence-corrected chi connectivity index (χ2v) is 6.17. The molecule has 19 heavy (non-hydrogen) atoms. The molecule has 0 aromatic rings. The lowest BCUT2D eigenvalue weighted by atomic mass is 9.84. The topological polar surface area (TPSA) is 75.4 Å². The van der Waals surface area contributed by atoms with Crippen LogP contribution in [0.5, 0.6) is 0 Å². The first-order valence-electron chi connectivity index (χ1n) is 7.17. The summed E-state index contributed by atoms with van der Waals surface area (Å²) in [5, 5.41) is 2.61. The number of hydrogen-bond acceptors (Lipinski definition) is 3. The maximum Gasteiger partial charge on any atom is 0.227 e. The third kappa shape index (κ3) is 2.61. The van der Waals surface area contributed by atoms with Crippen LogP contribution in [0.3, 0.4) is 0 Å². The molecule has 2 bridgehead atoms. The van der Waals surface area contributed by atoms with Crippen LogP contribution in [0.1, 0.15) is 26.2 Å². The highest BCUT2D eigenvalue weighted by atomic mass is 16.2. The van der Waals surface area contributed by atoms with Gasteiger partial charge in [0.25, 0.3) is 0 Å². The van der Waals surface area contributed by atoms with Gasteiger partial charge in [0.1, 0.15) is 0 Å². The lowest BCUT2D eigenvalue weighted by Gasteiger charge is -2.31. The van der Waals surface area contributed by atoms with E-state index in [9.17, 15) is 9.59 Å². The molecule has 0 radical (unpaired) electrons. The Bertz CT molecular complexity index is 370. The molecule has 2 aliphatic rings. The largest absolute Gasteiger partial charge is 0.359 e. The van der Waals surface area contributed by atoms with E-state index in [-0.39, 0.29) is 29.7 Å². The highest BCUT2D eigenvalue weighted by molar-refractivity contribution is 5.82. The number of nitrogens with two attached hydrogens (primary N) is 1. The Morgan fingerprint density at radius 1 is 1.37 bits per heavy atom. The summed E-state index contributed by atoms with van der Waals surface area (Å²) in [5.41, 5.74) is 6.19. The van der Waals surface area contributed by atoms with Crippen LogP contribution in [0.4, 0.5) is 0 Å². The van der Waals surface area contributed by atoms with Crippen LogP contribution in [-0.2, 0) is 9.59 Å². The van der Waals surface area contributed by atoms with Crippen molar-refractivity contribution in [1.29, 1.82) is 0 Å². The first-order chi connectivity index (χ1) is 8.95. The van der Waals surface area contributed by atoms with Crippen molar-refractivity contribution in [1.82, 2.24) is 10.2 Å². The van der Waals surface area contributed by atoms with Crippen LogP contribution >= 0.6 is 0 Å². The summed E-state index contributed by atoms with van der Waals surface area (Å²) in [6.45, 7) is 2.29. The number of hydrogen-bond donors (Lipinski definition) is 2. The van der Waals surface area contributed by atoms with Gasteiger partial charge in [0.15, 0.2) is 0 Å². The monoisotopic (exact) mass is 267 g/mol. The molecule has 5 nitrogen and oxygen atoms in total. The third-order valence-corrected chi connectivity index (χ3v) is 4.88. The molecule has 108 valence electrons. The van der Waals surface area contributed by atoms with E-state index in [0.29, 0.717) is 18.4 Å². The van der Waals surface area contributed by atoms with E-state index < -0.39 is 0 Å². The predicted octanol–water partition coefficient (Wildman–Crippen LogP) is 0.200. The Morgan fingerprint density at radius 2 is 2.00 bits per heavy atom. The summed E-state index contributed by atoms with van der Waals surface area (Å²) in [5.74, 6) is 0.871. The van der Waals surface area contributed by atoms with Gasteiger partial charge in [-0.05, 0) is 31.1 Å². The van der Waals surface area contributed by atoms with Crippen molar-refractivity contribution >= 4 is 11.8 Å². The van der Waals surface area contributed by atoms with Crippen molar-refractivity contribution in [2.24, 2.45) is 29.4 Å². The van der Waals surface area contributed by atoms with Gasteiger partial charge in [-0.2, -0.15) is 0 Å². The maximum atomic E-state index is 12.5. The van der Waals surface area contributed by atoms with Crippen LogP contribution in [-0.4, -0.2) is 43.4 Å². The first kappa shape index (κ1) is 14.3. The van der Waals surface area contributed by atoms with E-state index in [2.05, 4.69) is 5.32 Å². The number of rotatable bonds is 4. The Hall–Kier alpha value is -1.10. The molecular formula is C14H25N3O2. The highest BCUT2D eigenvalue weighted by Gasteiger charge is 2.49. The number of fused-ring (bicyclic) bond motifs is 2. The van der Waals surface area contributed by atoms with Gasteiger partial charge in [-0.3, -0.25) is 9.59 Å². The third-order valence-electron chi connectivity index (χ3n) is 4.88. The zero-order valence-electron chi connectivity index (χ0n) is 12.1. The fourth-order valence-corrected chi connectivity index (χ4v) is 3.79. The van der Waals surface area contributed by atoms with Crippen molar-refractivity contribution in [3.63, 3.8) is 0 Å². The second-order valence-electron chi connectivity index (χ2n) is 6.17. The summed E-state index contributed by atoms with van der Waals surface area (Å²) < 4.78 is 0. The molecule has 2 amide bonds. The number of carbonyl (C=O) groups is 2. The van der Waals surface area contributed by atoms with Crippen molar-refractivity contribution < 1.29 is 9.59 Å². The normalized spacial score (nSPS) is 34.1. The average Bonchev–Trinajstić information content (AvgIpc) is 2.97. The van der Waals surface area contributed by atoms with Crippen LogP contribution in [0.15, 0.2) is 0 Å². The summed E-state index contributed by atoms with van der Waals surface area (Å²) in [6, 6.07) is 0.0176. The van der Waals surface area contributed by atoms with Gasteiger partial charge in [0, 0.05) is 26.7 Å². The maximum absolute atomic E-state index is 12.5. The van der Waals surface area contributed by atoms with Crippen molar-refractivity contribution in [3.8, 4) is 0 Å². The van der Waals surface area contributed by atoms with Gasteiger partial charge in [-0.25, -0.2) is 0 Å². The van der Waals surface area contributed by atoms with Gasteiger partial charge in [-0.15, -0.1) is 0 Å². The van der Waals surface area contributed by atoms with E-state index in [0.717, 1.165) is 12.8 Å². The Morgan fingerprint density at radius 3 is 2.53 bits per heavy atom. The number of nitrogens with zero attached hydrogens (tertiary/aromatic N) is 1. The minimum Gasteiger partial charge on any atom is -0.359 e. The predicted molar refractivity (Wildman–Crippen MR) is 73.2 cm³/mol. The molecule has 0 aromatic carbocycles. The van der Waals surface area contributed by atoms with E-state index in [1.54, 1.807) is 19.0 Å². The van der Waals surface area contributed by atoms with Crippen LogP contribution in [0.2, 0.25) is 0 Å². The molecule has 2 rings (SSSR count). The molecule has 2 aliphatic carbocycles. The SMILES string of the molecule is CNC(=O)C(C)CN(C)C(=O)C1C2CCC(C2)C1N. The van der Waals surface area contributed by atoms with Crippen LogP contribution in [0, 0.1) is 23.7 Å². The Kier molecular flexibility index (Phi) is 4.13. The quantitative estimate of drug-likeness (QED) is 0.764. The van der Waals surface area contributed by atoms with Crippen molar-refractivity contribution in [3.05, 3.63) is 0 Å². The first-order valence-corrected chi connectivity index (χ1v) is 7.17. The van der Waals surface area contributed by atoms with Crippen molar-refractivity contribution in [2.75, 3.05) is 20.6 Å². The van der Waals surface area contributed by atoms with E-state index in [1.807, 2.05) is 6.92 Å². The fourth-order valence-electron chi connectivity index (χ4n) is 3.79. The zero-order chi connectivity index (χ0) is 14.2. The lowest BCUT2D eigenvalue weighted by molar-refractivity contribution is -0.137. The Balaban J connectivity index is 1.94. The Labute approximate surface area is 114 Å². The molecule has 0 aromatic heterocycles. The van der Waals surface area contributed by atoms with Crippen LogP contribution < -0.4 is 11.1 Å². The van der Waals surface area contributed by atoms with Crippen LogP contribution in [0.25, 0.3) is 0 Å². The molecule has 2 saturated carbocycles.